The monoisotopic (exact) mass is 304 g/mol. The zero-order chi connectivity index (χ0) is 14.9. The van der Waals surface area contributed by atoms with Crippen LogP contribution >= 0.6 is 11.6 Å². The number of amides is 1. The van der Waals surface area contributed by atoms with Crippen LogP contribution < -0.4 is 10.5 Å². The van der Waals surface area contributed by atoms with Crippen molar-refractivity contribution in [3.05, 3.63) is 35.0 Å². The molecule has 0 saturated heterocycles. The Morgan fingerprint density at radius 2 is 2.10 bits per heavy atom. The van der Waals surface area contributed by atoms with Crippen molar-refractivity contribution in [1.29, 1.82) is 0 Å². The summed E-state index contributed by atoms with van der Waals surface area (Å²) in [5, 5.41) is 0.710. The summed E-state index contributed by atoms with van der Waals surface area (Å²) in [5.74, 6) is -1.19. The number of hydrogen-bond donors (Lipinski definition) is 1. The molecule has 0 bridgehead atoms. The van der Waals surface area contributed by atoms with Gasteiger partial charge in [-0.15, -0.1) is 0 Å². The van der Waals surface area contributed by atoms with Crippen molar-refractivity contribution in [3.63, 3.8) is 0 Å². The lowest BCUT2D eigenvalue weighted by Crippen LogP contribution is -2.21. The number of nitrogens with zero attached hydrogens (tertiary/aromatic N) is 1. The van der Waals surface area contributed by atoms with Gasteiger partial charge in [0.25, 0.3) is 5.91 Å². The zero-order valence-electron chi connectivity index (χ0n) is 9.87. The van der Waals surface area contributed by atoms with Crippen LogP contribution in [-0.2, 0) is 0 Å². The maximum Gasteiger partial charge on any atom is 0.422 e. The predicted molar refractivity (Wildman–Crippen MR) is 66.8 cm³/mol. The molecule has 0 unspecified atom stereocenters. The van der Waals surface area contributed by atoms with Gasteiger partial charge in [-0.25, -0.2) is 0 Å². The molecule has 1 aromatic heterocycles. The molecule has 0 spiro atoms. The molecule has 1 heterocycles. The third kappa shape index (κ3) is 3.11. The van der Waals surface area contributed by atoms with Gasteiger partial charge in [-0.3, -0.25) is 9.78 Å². The van der Waals surface area contributed by atoms with Gasteiger partial charge in [0.1, 0.15) is 5.75 Å². The van der Waals surface area contributed by atoms with E-state index in [1.807, 2.05) is 0 Å². The van der Waals surface area contributed by atoms with Crippen molar-refractivity contribution in [2.75, 3.05) is 6.61 Å². The maximum absolute atomic E-state index is 12.2. The molecule has 2 N–H and O–H groups in total. The Labute approximate surface area is 116 Å². The summed E-state index contributed by atoms with van der Waals surface area (Å²) >= 11 is 5.92. The van der Waals surface area contributed by atoms with Crippen LogP contribution in [0.15, 0.2) is 24.4 Å². The number of carbonyl (C=O) groups excluding carboxylic acids is 1. The van der Waals surface area contributed by atoms with E-state index in [2.05, 4.69) is 9.72 Å². The highest BCUT2D eigenvalue weighted by Crippen LogP contribution is 2.30. The Bertz CT molecular complexity index is 674. The Morgan fingerprint density at radius 1 is 1.40 bits per heavy atom. The number of fused-ring (bicyclic) bond motifs is 1. The fourth-order valence-corrected chi connectivity index (χ4v) is 1.82. The van der Waals surface area contributed by atoms with E-state index in [0.29, 0.717) is 15.9 Å². The Morgan fingerprint density at radius 3 is 2.70 bits per heavy atom. The standard InChI is InChI=1S/C12H8ClF3N2O2/c13-8-1-2-18-9-4-10(20-5-12(14,15)16)7(11(17)19)3-6(8)9/h1-4H,5H2,(H2,17,19). The van der Waals surface area contributed by atoms with E-state index >= 15 is 0 Å². The molecule has 0 aliphatic carbocycles. The highest BCUT2D eigenvalue weighted by Gasteiger charge is 2.29. The topological polar surface area (TPSA) is 65.2 Å². The van der Waals surface area contributed by atoms with Crippen LogP contribution in [0.1, 0.15) is 10.4 Å². The summed E-state index contributed by atoms with van der Waals surface area (Å²) in [7, 11) is 0. The number of halogens is 4. The molecule has 0 aliphatic rings. The molecule has 1 aromatic carbocycles. The van der Waals surface area contributed by atoms with Crippen LogP contribution in [0, 0.1) is 0 Å². The van der Waals surface area contributed by atoms with Crippen molar-refractivity contribution in [1.82, 2.24) is 4.98 Å². The lowest BCUT2D eigenvalue weighted by atomic mass is 10.1. The van der Waals surface area contributed by atoms with E-state index in [1.165, 1.54) is 24.4 Å². The van der Waals surface area contributed by atoms with Gasteiger partial charge in [0, 0.05) is 17.6 Å². The summed E-state index contributed by atoms with van der Waals surface area (Å²) < 4.78 is 41.1. The van der Waals surface area contributed by atoms with E-state index in [4.69, 9.17) is 17.3 Å². The average Bonchev–Trinajstić information content (AvgIpc) is 2.34. The minimum absolute atomic E-state index is 0.184. The molecule has 0 radical (unpaired) electrons. The van der Waals surface area contributed by atoms with Gasteiger partial charge in [-0.2, -0.15) is 13.2 Å². The van der Waals surface area contributed by atoms with E-state index in [9.17, 15) is 18.0 Å². The second kappa shape index (κ2) is 5.16. The van der Waals surface area contributed by atoms with Crippen LogP contribution in [0.4, 0.5) is 13.2 Å². The van der Waals surface area contributed by atoms with Crippen molar-refractivity contribution < 1.29 is 22.7 Å². The highest BCUT2D eigenvalue weighted by atomic mass is 35.5. The van der Waals surface area contributed by atoms with Crippen LogP contribution in [0.2, 0.25) is 5.02 Å². The molecule has 20 heavy (non-hydrogen) atoms. The maximum atomic E-state index is 12.2. The summed E-state index contributed by atoms with van der Waals surface area (Å²) in [6.07, 6.45) is -3.13. The van der Waals surface area contributed by atoms with Crippen LogP contribution in [0.3, 0.4) is 0 Å². The van der Waals surface area contributed by atoms with Gasteiger partial charge < -0.3 is 10.5 Å². The number of ether oxygens (including phenoxy) is 1. The molecule has 0 aliphatic heterocycles. The van der Waals surface area contributed by atoms with Crippen LogP contribution in [0.25, 0.3) is 10.9 Å². The molecular formula is C12H8ClF3N2O2. The fraction of sp³-hybridized carbons (Fsp3) is 0.167. The summed E-state index contributed by atoms with van der Waals surface area (Å²) in [5.41, 5.74) is 5.25. The van der Waals surface area contributed by atoms with Crippen molar-refractivity contribution in [2.24, 2.45) is 5.73 Å². The van der Waals surface area contributed by atoms with E-state index in [-0.39, 0.29) is 11.3 Å². The SMILES string of the molecule is NC(=O)c1cc2c(Cl)ccnc2cc1OCC(F)(F)F. The number of aromatic nitrogens is 1. The molecule has 0 saturated carbocycles. The normalized spacial score (nSPS) is 11.6. The Hall–Kier alpha value is -2.02. The summed E-state index contributed by atoms with van der Waals surface area (Å²) in [6.45, 7) is -1.53. The second-order valence-electron chi connectivity index (χ2n) is 3.93. The average molecular weight is 305 g/mol. The van der Waals surface area contributed by atoms with Crippen LogP contribution in [-0.4, -0.2) is 23.7 Å². The first-order valence-electron chi connectivity index (χ1n) is 5.35. The molecule has 8 heteroatoms. The molecule has 0 atom stereocenters. The second-order valence-corrected chi connectivity index (χ2v) is 4.33. The summed E-state index contributed by atoms with van der Waals surface area (Å²) in [4.78, 5) is 15.2. The third-order valence-electron chi connectivity index (χ3n) is 2.45. The zero-order valence-corrected chi connectivity index (χ0v) is 10.6. The van der Waals surface area contributed by atoms with Gasteiger partial charge >= 0.3 is 6.18 Å². The van der Waals surface area contributed by atoms with Gasteiger partial charge in [0.05, 0.1) is 16.1 Å². The van der Waals surface area contributed by atoms with Crippen molar-refractivity contribution in [2.45, 2.75) is 6.18 Å². The third-order valence-corrected chi connectivity index (χ3v) is 2.78. The molecule has 1 amide bonds. The molecule has 2 rings (SSSR count). The minimum Gasteiger partial charge on any atom is -0.483 e. The molecular weight excluding hydrogens is 297 g/mol. The predicted octanol–water partition coefficient (Wildman–Crippen LogP) is 2.93. The smallest absolute Gasteiger partial charge is 0.422 e. The van der Waals surface area contributed by atoms with E-state index in [1.54, 1.807) is 0 Å². The molecule has 0 fully saturated rings. The lowest BCUT2D eigenvalue weighted by molar-refractivity contribution is -0.153. The number of nitrogens with two attached hydrogens (primary N) is 1. The summed E-state index contributed by atoms with van der Waals surface area (Å²) in [6, 6.07) is 3.96. The van der Waals surface area contributed by atoms with Crippen molar-refractivity contribution in [3.8, 4) is 5.75 Å². The number of primary amides is 1. The number of pyridine rings is 1. The Kier molecular flexibility index (Phi) is 3.71. The van der Waals surface area contributed by atoms with Gasteiger partial charge in [-0.05, 0) is 12.1 Å². The van der Waals surface area contributed by atoms with Crippen molar-refractivity contribution >= 4 is 28.4 Å². The van der Waals surface area contributed by atoms with Crippen LogP contribution in [0.5, 0.6) is 5.75 Å². The fourth-order valence-electron chi connectivity index (χ4n) is 1.61. The first kappa shape index (κ1) is 14.4. The number of carbonyl (C=O) groups is 1. The first-order chi connectivity index (χ1) is 9.28. The van der Waals surface area contributed by atoms with E-state index < -0.39 is 18.7 Å². The van der Waals surface area contributed by atoms with E-state index in [0.717, 1.165) is 0 Å². The Balaban J connectivity index is 2.52. The number of hydrogen-bond acceptors (Lipinski definition) is 3. The van der Waals surface area contributed by atoms with Gasteiger partial charge in [0.2, 0.25) is 0 Å². The molecule has 106 valence electrons. The number of rotatable bonds is 3. The highest BCUT2D eigenvalue weighted by molar-refractivity contribution is 6.35. The lowest BCUT2D eigenvalue weighted by Gasteiger charge is -2.13. The number of alkyl halides is 3. The molecule has 2 aromatic rings. The number of benzene rings is 1. The van der Waals surface area contributed by atoms with Gasteiger partial charge in [0.15, 0.2) is 6.61 Å². The van der Waals surface area contributed by atoms with Gasteiger partial charge in [-0.1, -0.05) is 11.6 Å². The quantitative estimate of drug-likeness (QED) is 0.948. The largest absolute Gasteiger partial charge is 0.483 e. The first-order valence-corrected chi connectivity index (χ1v) is 5.73. The molecule has 4 nitrogen and oxygen atoms in total. The minimum atomic E-state index is -4.52.